The summed E-state index contributed by atoms with van der Waals surface area (Å²) in [5.41, 5.74) is 8.34. The number of hydrogen-bond donors (Lipinski definition) is 1. The zero-order chi connectivity index (χ0) is 13.4. The number of thiophene rings is 1. The zero-order valence-corrected chi connectivity index (χ0v) is 12.8. The van der Waals surface area contributed by atoms with Crippen molar-refractivity contribution in [1.29, 1.82) is 0 Å². The predicted octanol–water partition coefficient (Wildman–Crippen LogP) is 3.51. The number of nitrogen functional groups attached to an aromatic ring is 1. The minimum atomic E-state index is 0. The van der Waals surface area contributed by atoms with Crippen molar-refractivity contribution in [2.24, 2.45) is 0 Å². The van der Waals surface area contributed by atoms with Gasteiger partial charge in [-0.05, 0) is 54.6 Å². The van der Waals surface area contributed by atoms with Gasteiger partial charge in [-0.2, -0.15) is 0 Å². The molecule has 0 spiro atoms. The summed E-state index contributed by atoms with van der Waals surface area (Å²) >= 11 is 1.79. The van der Waals surface area contributed by atoms with Crippen LogP contribution in [0.2, 0.25) is 0 Å². The number of hydrogen-bond acceptors (Lipinski definition) is 3. The highest BCUT2D eigenvalue weighted by Gasteiger charge is 2.28. The van der Waals surface area contributed by atoms with Crippen LogP contribution < -0.4 is 5.73 Å². The fraction of sp³-hybridized carbons (Fsp3) is 0.267. The molecule has 0 saturated carbocycles. The molecular formula is C15H17ClN2OS. The first-order valence-corrected chi connectivity index (χ1v) is 7.27. The molecule has 0 radical (unpaired) electrons. The largest absolute Gasteiger partial charge is 0.399 e. The van der Waals surface area contributed by atoms with Crippen molar-refractivity contribution in [3.05, 3.63) is 51.7 Å². The molecule has 20 heavy (non-hydrogen) atoms. The van der Waals surface area contributed by atoms with E-state index in [2.05, 4.69) is 18.4 Å². The number of rotatable bonds is 1. The van der Waals surface area contributed by atoms with Gasteiger partial charge in [0.25, 0.3) is 5.91 Å². The van der Waals surface area contributed by atoms with Crippen molar-refractivity contribution >= 4 is 35.3 Å². The average molecular weight is 309 g/mol. The Morgan fingerprint density at radius 3 is 2.70 bits per heavy atom. The van der Waals surface area contributed by atoms with Gasteiger partial charge in [-0.15, -0.1) is 23.7 Å². The van der Waals surface area contributed by atoms with Crippen LogP contribution in [0.4, 0.5) is 5.69 Å². The third-order valence-corrected chi connectivity index (χ3v) is 4.69. The van der Waals surface area contributed by atoms with Gasteiger partial charge in [0.2, 0.25) is 0 Å². The summed E-state index contributed by atoms with van der Waals surface area (Å²) in [6, 6.07) is 9.43. The summed E-state index contributed by atoms with van der Waals surface area (Å²) in [5.74, 6) is 0.0874. The van der Waals surface area contributed by atoms with E-state index in [4.69, 9.17) is 5.73 Å². The van der Waals surface area contributed by atoms with Crippen molar-refractivity contribution in [2.45, 2.75) is 19.4 Å². The molecule has 1 aromatic carbocycles. The van der Waals surface area contributed by atoms with Gasteiger partial charge in [0.05, 0.1) is 6.04 Å². The number of anilines is 1. The topological polar surface area (TPSA) is 46.3 Å². The standard InChI is InChI=1S/C15H16N2OS.ClH/c1-10-13-7-9-19-14(13)6-8-17(10)15(18)11-2-4-12(16)5-3-11;/h2-5,7,9-10H,6,8,16H2,1H3;1H. The number of benzene rings is 1. The normalized spacial score (nSPS) is 17.2. The predicted molar refractivity (Wildman–Crippen MR) is 85.6 cm³/mol. The Morgan fingerprint density at radius 2 is 2.00 bits per heavy atom. The molecular weight excluding hydrogens is 292 g/mol. The van der Waals surface area contributed by atoms with E-state index in [1.54, 1.807) is 35.6 Å². The van der Waals surface area contributed by atoms with E-state index < -0.39 is 0 Å². The summed E-state index contributed by atoms with van der Waals surface area (Å²) in [6.07, 6.45) is 0.956. The van der Waals surface area contributed by atoms with Gasteiger partial charge in [0.1, 0.15) is 0 Å². The van der Waals surface area contributed by atoms with Crippen LogP contribution in [0.3, 0.4) is 0 Å². The van der Waals surface area contributed by atoms with Gasteiger partial charge in [0.15, 0.2) is 0 Å². The highest BCUT2D eigenvalue weighted by atomic mass is 35.5. The van der Waals surface area contributed by atoms with Gasteiger partial charge < -0.3 is 10.6 Å². The van der Waals surface area contributed by atoms with Gasteiger partial charge in [-0.3, -0.25) is 4.79 Å². The number of nitrogens with zero attached hydrogens (tertiary/aromatic N) is 1. The first kappa shape index (κ1) is 14.9. The first-order valence-electron chi connectivity index (χ1n) is 6.39. The highest BCUT2D eigenvalue weighted by molar-refractivity contribution is 7.10. The molecule has 1 aromatic heterocycles. The molecule has 1 aliphatic rings. The monoisotopic (exact) mass is 308 g/mol. The second-order valence-electron chi connectivity index (χ2n) is 4.85. The Bertz CT molecular complexity index is 609. The minimum absolute atomic E-state index is 0. The van der Waals surface area contributed by atoms with E-state index in [0.29, 0.717) is 11.3 Å². The van der Waals surface area contributed by atoms with Gasteiger partial charge in [0, 0.05) is 22.7 Å². The molecule has 2 heterocycles. The van der Waals surface area contributed by atoms with Gasteiger partial charge in [-0.1, -0.05) is 0 Å². The van der Waals surface area contributed by atoms with Crippen LogP contribution in [-0.2, 0) is 6.42 Å². The Labute approximate surface area is 128 Å². The number of fused-ring (bicyclic) bond motifs is 1. The molecule has 0 aliphatic carbocycles. The molecule has 1 unspecified atom stereocenters. The van der Waals surface area contributed by atoms with Gasteiger partial charge in [-0.25, -0.2) is 0 Å². The maximum Gasteiger partial charge on any atom is 0.254 e. The molecule has 3 nitrogen and oxygen atoms in total. The number of nitrogens with two attached hydrogens (primary N) is 1. The van der Waals surface area contributed by atoms with Crippen LogP contribution in [0.25, 0.3) is 0 Å². The molecule has 1 amide bonds. The minimum Gasteiger partial charge on any atom is -0.399 e. The van der Waals surface area contributed by atoms with E-state index >= 15 is 0 Å². The molecule has 2 N–H and O–H groups in total. The van der Waals surface area contributed by atoms with E-state index in [1.165, 1.54) is 10.4 Å². The summed E-state index contributed by atoms with van der Waals surface area (Å²) in [5, 5.41) is 2.11. The Kier molecular flexibility index (Phi) is 4.35. The van der Waals surface area contributed by atoms with Crippen molar-refractivity contribution in [2.75, 3.05) is 12.3 Å². The molecule has 0 fully saturated rings. The smallest absolute Gasteiger partial charge is 0.254 e. The first-order chi connectivity index (χ1) is 9.16. The number of amides is 1. The number of carbonyl (C=O) groups excluding carboxylic acids is 1. The third kappa shape index (κ3) is 2.53. The van der Waals surface area contributed by atoms with Gasteiger partial charge >= 0.3 is 0 Å². The van der Waals surface area contributed by atoms with Crippen molar-refractivity contribution < 1.29 is 4.79 Å². The summed E-state index contributed by atoms with van der Waals surface area (Å²) in [4.78, 5) is 15.9. The second kappa shape index (κ2) is 5.85. The van der Waals surface area contributed by atoms with Crippen molar-refractivity contribution in [1.82, 2.24) is 4.90 Å². The number of carbonyl (C=O) groups is 1. The Balaban J connectivity index is 0.00000147. The Hall–Kier alpha value is -1.52. The molecule has 2 aromatic rings. The molecule has 106 valence electrons. The van der Waals surface area contributed by atoms with Crippen LogP contribution >= 0.6 is 23.7 Å². The van der Waals surface area contributed by atoms with Crippen LogP contribution in [0, 0.1) is 0 Å². The summed E-state index contributed by atoms with van der Waals surface area (Å²) in [6.45, 7) is 2.89. The molecule has 3 rings (SSSR count). The maximum atomic E-state index is 12.5. The van der Waals surface area contributed by atoms with Crippen molar-refractivity contribution in [3.8, 4) is 0 Å². The van der Waals surface area contributed by atoms with Crippen LogP contribution in [0.1, 0.15) is 33.8 Å². The third-order valence-electron chi connectivity index (χ3n) is 3.70. The second-order valence-corrected chi connectivity index (χ2v) is 5.85. The summed E-state index contributed by atoms with van der Waals surface area (Å²) in [7, 11) is 0. The number of halogens is 1. The molecule has 1 aliphatic heterocycles. The van der Waals surface area contributed by atoms with E-state index in [9.17, 15) is 4.79 Å². The fourth-order valence-corrected chi connectivity index (χ4v) is 3.54. The lowest BCUT2D eigenvalue weighted by Crippen LogP contribution is -2.38. The Morgan fingerprint density at radius 1 is 1.30 bits per heavy atom. The molecule has 1 atom stereocenters. The van der Waals surface area contributed by atoms with Crippen LogP contribution in [0.5, 0.6) is 0 Å². The zero-order valence-electron chi connectivity index (χ0n) is 11.2. The lowest BCUT2D eigenvalue weighted by molar-refractivity contribution is 0.0679. The van der Waals surface area contributed by atoms with Crippen molar-refractivity contribution in [3.63, 3.8) is 0 Å². The molecule has 5 heteroatoms. The fourth-order valence-electron chi connectivity index (χ4n) is 2.58. The van der Waals surface area contributed by atoms with E-state index in [-0.39, 0.29) is 24.4 Å². The van der Waals surface area contributed by atoms with Crippen LogP contribution in [-0.4, -0.2) is 17.4 Å². The van der Waals surface area contributed by atoms with E-state index in [0.717, 1.165) is 13.0 Å². The average Bonchev–Trinajstić information content (AvgIpc) is 2.88. The maximum absolute atomic E-state index is 12.5. The molecule has 0 bridgehead atoms. The lowest BCUT2D eigenvalue weighted by atomic mass is 10.0. The molecule has 0 saturated heterocycles. The quantitative estimate of drug-likeness (QED) is 0.819. The van der Waals surface area contributed by atoms with Crippen LogP contribution in [0.15, 0.2) is 35.7 Å². The lowest BCUT2D eigenvalue weighted by Gasteiger charge is -2.33. The SMILES string of the molecule is CC1c2ccsc2CCN1C(=O)c1ccc(N)cc1.Cl. The summed E-state index contributed by atoms with van der Waals surface area (Å²) < 4.78 is 0. The highest BCUT2D eigenvalue weighted by Crippen LogP contribution is 2.33. The van der Waals surface area contributed by atoms with E-state index in [1.807, 2.05) is 4.90 Å².